The third-order valence-corrected chi connectivity index (χ3v) is 5.99. The van der Waals surface area contributed by atoms with Crippen LogP contribution in [0.15, 0.2) is 41.3 Å². The molecule has 0 unspecified atom stereocenters. The van der Waals surface area contributed by atoms with Crippen LogP contribution in [0.5, 0.6) is 5.75 Å². The molecule has 0 aliphatic heterocycles. The van der Waals surface area contributed by atoms with Gasteiger partial charge < -0.3 is 14.8 Å². The van der Waals surface area contributed by atoms with E-state index in [0.717, 1.165) is 15.4 Å². The number of hydrogen-bond donors (Lipinski definition) is 1. The maximum Gasteiger partial charge on any atom is 0.338 e. The third kappa shape index (κ3) is 5.33. The van der Waals surface area contributed by atoms with Crippen molar-refractivity contribution in [1.82, 2.24) is 4.31 Å². The van der Waals surface area contributed by atoms with Gasteiger partial charge in [0.2, 0.25) is 10.0 Å². The number of nitrogens with zero attached hydrogens (tertiary/aromatic N) is 1. The van der Waals surface area contributed by atoms with Crippen LogP contribution in [-0.4, -0.2) is 52.4 Å². The van der Waals surface area contributed by atoms with Crippen LogP contribution in [0, 0.1) is 13.8 Å². The molecule has 0 atom stereocenters. The summed E-state index contributed by atoms with van der Waals surface area (Å²) in [6.07, 6.45) is 0. The second-order valence-electron chi connectivity index (χ2n) is 6.60. The van der Waals surface area contributed by atoms with Crippen molar-refractivity contribution in [2.24, 2.45) is 0 Å². The zero-order valence-corrected chi connectivity index (χ0v) is 17.8. The molecule has 0 aliphatic carbocycles. The number of carbonyl (C=O) groups excluding carboxylic acids is 2. The fraction of sp³-hybridized carbons (Fsp3) is 0.300. The van der Waals surface area contributed by atoms with Crippen molar-refractivity contribution in [3.63, 3.8) is 0 Å². The molecule has 2 aromatic rings. The molecule has 0 bridgehead atoms. The van der Waals surface area contributed by atoms with Gasteiger partial charge in [0, 0.05) is 19.8 Å². The van der Waals surface area contributed by atoms with Gasteiger partial charge in [0.1, 0.15) is 10.6 Å². The van der Waals surface area contributed by atoms with E-state index < -0.39 is 28.5 Å². The van der Waals surface area contributed by atoms with Crippen molar-refractivity contribution in [2.45, 2.75) is 18.7 Å². The van der Waals surface area contributed by atoms with Gasteiger partial charge in [-0.2, -0.15) is 0 Å². The maximum absolute atomic E-state index is 12.4. The van der Waals surface area contributed by atoms with Gasteiger partial charge >= 0.3 is 5.97 Å². The first-order valence-corrected chi connectivity index (χ1v) is 10.1. The molecule has 156 valence electrons. The average Bonchev–Trinajstić information content (AvgIpc) is 2.67. The molecule has 1 amide bonds. The standard InChI is InChI=1S/C20H24N2O6S/c1-13-6-7-14(2)16(10-13)20(24)28-12-19(23)21-15-8-9-17(27-5)18(11-15)29(25,26)22(3)4/h6-11H,12H2,1-5H3,(H,21,23). The van der Waals surface area contributed by atoms with Gasteiger partial charge in [-0.25, -0.2) is 17.5 Å². The first-order valence-electron chi connectivity index (χ1n) is 8.71. The summed E-state index contributed by atoms with van der Waals surface area (Å²) in [4.78, 5) is 24.3. The lowest BCUT2D eigenvalue weighted by Crippen LogP contribution is -2.24. The predicted molar refractivity (Wildman–Crippen MR) is 109 cm³/mol. The van der Waals surface area contributed by atoms with Crippen LogP contribution >= 0.6 is 0 Å². The minimum absolute atomic E-state index is 0.0878. The smallest absolute Gasteiger partial charge is 0.338 e. The summed E-state index contributed by atoms with van der Waals surface area (Å²) >= 11 is 0. The number of methoxy groups -OCH3 is 1. The Bertz CT molecular complexity index is 1030. The van der Waals surface area contributed by atoms with Crippen LogP contribution in [0.2, 0.25) is 0 Å². The molecule has 0 saturated heterocycles. The van der Waals surface area contributed by atoms with Crippen LogP contribution in [-0.2, 0) is 19.6 Å². The SMILES string of the molecule is COc1ccc(NC(=O)COC(=O)c2cc(C)ccc2C)cc1S(=O)(=O)N(C)C. The molecular formula is C20H24N2O6S. The molecule has 0 spiro atoms. The number of benzene rings is 2. The topological polar surface area (TPSA) is 102 Å². The van der Waals surface area contributed by atoms with Crippen molar-refractivity contribution in [1.29, 1.82) is 0 Å². The highest BCUT2D eigenvalue weighted by atomic mass is 32.2. The number of hydrogen-bond acceptors (Lipinski definition) is 6. The van der Waals surface area contributed by atoms with Crippen LogP contribution < -0.4 is 10.1 Å². The number of esters is 1. The minimum Gasteiger partial charge on any atom is -0.495 e. The van der Waals surface area contributed by atoms with E-state index in [4.69, 9.17) is 9.47 Å². The van der Waals surface area contributed by atoms with Crippen molar-refractivity contribution in [3.05, 3.63) is 53.1 Å². The molecule has 1 N–H and O–H groups in total. The van der Waals surface area contributed by atoms with Crippen molar-refractivity contribution >= 4 is 27.6 Å². The van der Waals surface area contributed by atoms with Crippen LogP contribution in [0.25, 0.3) is 0 Å². The van der Waals surface area contributed by atoms with Gasteiger partial charge in [-0.1, -0.05) is 17.7 Å². The van der Waals surface area contributed by atoms with E-state index in [1.54, 1.807) is 19.1 Å². The molecule has 0 radical (unpaired) electrons. The highest BCUT2D eigenvalue weighted by molar-refractivity contribution is 7.89. The minimum atomic E-state index is -3.78. The molecule has 0 heterocycles. The maximum atomic E-state index is 12.4. The molecule has 29 heavy (non-hydrogen) atoms. The summed E-state index contributed by atoms with van der Waals surface area (Å²) in [5, 5.41) is 2.52. The fourth-order valence-electron chi connectivity index (χ4n) is 2.51. The number of anilines is 1. The Balaban J connectivity index is 2.11. The molecule has 2 rings (SSSR count). The van der Waals surface area contributed by atoms with E-state index in [9.17, 15) is 18.0 Å². The fourth-order valence-corrected chi connectivity index (χ4v) is 3.59. The van der Waals surface area contributed by atoms with Crippen LogP contribution in [0.4, 0.5) is 5.69 Å². The molecular weight excluding hydrogens is 396 g/mol. The zero-order valence-electron chi connectivity index (χ0n) is 17.0. The number of amides is 1. The monoisotopic (exact) mass is 420 g/mol. The normalized spacial score (nSPS) is 11.2. The number of ether oxygens (including phenoxy) is 2. The lowest BCUT2D eigenvalue weighted by Gasteiger charge is -2.16. The van der Waals surface area contributed by atoms with Crippen molar-refractivity contribution < 1.29 is 27.5 Å². The highest BCUT2D eigenvalue weighted by Gasteiger charge is 2.23. The van der Waals surface area contributed by atoms with E-state index in [1.807, 2.05) is 13.0 Å². The van der Waals surface area contributed by atoms with Gasteiger partial charge in [0.05, 0.1) is 12.7 Å². The summed E-state index contributed by atoms with van der Waals surface area (Å²) in [5.41, 5.74) is 2.27. The van der Waals surface area contributed by atoms with Crippen LogP contribution in [0.1, 0.15) is 21.5 Å². The van der Waals surface area contributed by atoms with E-state index >= 15 is 0 Å². The van der Waals surface area contributed by atoms with Crippen molar-refractivity contribution in [3.8, 4) is 5.75 Å². The molecule has 8 nitrogen and oxygen atoms in total. The number of nitrogens with one attached hydrogen (secondary N) is 1. The van der Waals surface area contributed by atoms with Crippen LogP contribution in [0.3, 0.4) is 0 Å². The zero-order chi connectivity index (χ0) is 21.8. The molecule has 0 saturated carbocycles. The third-order valence-electron chi connectivity index (χ3n) is 4.15. The molecule has 2 aromatic carbocycles. The van der Waals surface area contributed by atoms with Gasteiger partial charge in [0.15, 0.2) is 6.61 Å². The Hall–Kier alpha value is -2.91. The Labute approximate surface area is 170 Å². The first-order chi connectivity index (χ1) is 13.6. The number of aryl methyl sites for hydroxylation is 2. The summed E-state index contributed by atoms with van der Waals surface area (Å²) in [7, 11) is 0.370. The Morgan fingerprint density at radius 2 is 1.76 bits per heavy atom. The lowest BCUT2D eigenvalue weighted by molar-refractivity contribution is -0.119. The van der Waals surface area contributed by atoms with E-state index in [2.05, 4.69) is 5.32 Å². The Kier molecular flexibility index (Phi) is 6.99. The second kappa shape index (κ2) is 9.06. The second-order valence-corrected chi connectivity index (χ2v) is 8.72. The summed E-state index contributed by atoms with van der Waals surface area (Å²) < 4.78 is 36.1. The lowest BCUT2D eigenvalue weighted by atomic mass is 10.1. The highest BCUT2D eigenvalue weighted by Crippen LogP contribution is 2.28. The van der Waals surface area contributed by atoms with Gasteiger partial charge in [0.25, 0.3) is 5.91 Å². The first kappa shape index (κ1) is 22.4. The number of rotatable bonds is 7. The molecule has 0 fully saturated rings. The Morgan fingerprint density at radius 1 is 1.07 bits per heavy atom. The molecule has 0 aromatic heterocycles. The summed E-state index contributed by atoms with van der Waals surface area (Å²) in [6, 6.07) is 9.60. The largest absolute Gasteiger partial charge is 0.495 e. The van der Waals surface area contributed by atoms with E-state index in [1.165, 1.54) is 39.4 Å². The molecule has 9 heteroatoms. The van der Waals surface area contributed by atoms with Gasteiger partial charge in [-0.15, -0.1) is 0 Å². The van der Waals surface area contributed by atoms with E-state index in [0.29, 0.717) is 5.56 Å². The Morgan fingerprint density at radius 3 is 2.38 bits per heavy atom. The van der Waals surface area contributed by atoms with Crippen molar-refractivity contribution in [2.75, 3.05) is 33.1 Å². The van der Waals surface area contributed by atoms with Gasteiger partial charge in [-0.3, -0.25) is 4.79 Å². The summed E-state index contributed by atoms with van der Waals surface area (Å²) in [5.74, 6) is -1.05. The quantitative estimate of drug-likeness (QED) is 0.690. The molecule has 0 aliphatic rings. The van der Waals surface area contributed by atoms with Gasteiger partial charge in [-0.05, 0) is 43.7 Å². The van der Waals surface area contributed by atoms with E-state index in [-0.39, 0.29) is 16.3 Å². The number of sulfonamides is 1. The predicted octanol–water partition coefficient (Wildman–Crippen LogP) is 2.36. The number of carbonyl (C=O) groups is 2. The summed E-state index contributed by atoms with van der Waals surface area (Å²) in [6.45, 7) is 3.13. The average molecular weight is 420 g/mol.